The second kappa shape index (κ2) is 7.64. The summed E-state index contributed by atoms with van der Waals surface area (Å²) in [7, 11) is 1.66. The molecule has 0 aliphatic carbocycles. The number of H-pyrrole nitrogens is 1. The lowest BCUT2D eigenvalue weighted by atomic mass is 10.1. The Morgan fingerprint density at radius 3 is 2.57 bits per heavy atom. The van der Waals surface area contributed by atoms with E-state index in [1.54, 1.807) is 7.11 Å². The molecule has 4 rings (SSSR count). The van der Waals surface area contributed by atoms with Gasteiger partial charge in [-0.25, -0.2) is 4.98 Å². The number of hydrogen-bond donors (Lipinski definition) is 1. The van der Waals surface area contributed by atoms with E-state index < -0.39 is 0 Å². The summed E-state index contributed by atoms with van der Waals surface area (Å²) < 4.78 is 5.27. The SMILES string of the molecule is COc1ccc2nc(CN3CCN(C(=O)c4ccc(C)c(C)c4)CC3)[nH]c2c1. The van der Waals surface area contributed by atoms with Crippen LogP contribution in [0.3, 0.4) is 0 Å². The maximum atomic E-state index is 12.8. The molecule has 0 saturated carbocycles. The van der Waals surface area contributed by atoms with Gasteiger partial charge in [-0.05, 0) is 49.2 Å². The van der Waals surface area contributed by atoms with E-state index >= 15 is 0 Å². The Kier molecular flexibility index (Phi) is 5.05. The number of methoxy groups -OCH3 is 1. The Hall–Kier alpha value is -2.86. The van der Waals surface area contributed by atoms with E-state index in [1.165, 1.54) is 5.56 Å². The molecular formula is C22H26N4O2. The van der Waals surface area contributed by atoms with Crippen molar-refractivity contribution in [3.63, 3.8) is 0 Å². The van der Waals surface area contributed by atoms with Crippen LogP contribution in [0.15, 0.2) is 36.4 Å². The molecule has 28 heavy (non-hydrogen) atoms. The smallest absolute Gasteiger partial charge is 0.253 e. The summed E-state index contributed by atoms with van der Waals surface area (Å²) >= 11 is 0. The Bertz CT molecular complexity index is 1000. The molecule has 0 unspecified atom stereocenters. The van der Waals surface area contributed by atoms with Crippen LogP contribution < -0.4 is 4.74 Å². The van der Waals surface area contributed by atoms with Crippen LogP contribution in [0.1, 0.15) is 27.3 Å². The van der Waals surface area contributed by atoms with Crippen molar-refractivity contribution < 1.29 is 9.53 Å². The van der Waals surface area contributed by atoms with Crippen molar-refractivity contribution in [3.8, 4) is 5.75 Å². The molecule has 0 spiro atoms. The highest BCUT2D eigenvalue weighted by Crippen LogP contribution is 2.20. The quantitative estimate of drug-likeness (QED) is 0.758. The number of rotatable bonds is 4. The largest absolute Gasteiger partial charge is 0.497 e. The van der Waals surface area contributed by atoms with Gasteiger partial charge in [-0.3, -0.25) is 9.69 Å². The molecule has 6 heteroatoms. The lowest BCUT2D eigenvalue weighted by Crippen LogP contribution is -2.48. The summed E-state index contributed by atoms with van der Waals surface area (Å²) in [6.07, 6.45) is 0. The molecule has 146 valence electrons. The molecule has 0 radical (unpaired) electrons. The van der Waals surface area contributed by atoms with E-state index in [2.05, 4.69) is 21.8 Å². The topological polar surface area (TPSA) is 61.5 Å². The minimum Gasteiger partial charge on any atom is -0.497 e. The van der Waals surface area contributed by atoms with Crippen LogP contribution in [0.25, 0.3) is 11.0 Å². The van der Waals surface area contributed by atoms with Crippen LogP contribution in [-0.2, 0) is 6.54 Å². The van der Waals surface area contributed by atoms with Crippen LogP contribution in [0.2, 0.25) is 0 Å². The summed E-state index contributed by atoms with van der Waals surface area (Å²) in [5, 5.41) is 0. The van der Waals surface area contributed by atoms with Crippen molar-refractivity contribution in [2.75, 3.05) is 33.3 Å². The van der Waals surface area contributed by atoms with Gasteiger partial charge in [0.05, 0.1) is 24.7 Å². The van der Waals surface area contributed by atoms with Gasteiger partial charge >= 0.3 is 0 Å². The van der Waals surface area contributed by atoms with Crippen molar-refractivity contribution in [1.29, 1.82) is 0 Å². The second-order valence-electron chi connectivity index (χ2n) is 7.43. The number of carbonyl (C=O) groups excluding carboxylic acids is 1. The fraction of sp³-hybridized carbons (Fsp3) is 0.364. The van der Waals surface area contributed by atoms with E-state index in [4.69, 9.17) is 4.74 Å². The first-order chi connectivity index (χ1) is 13.5. The fourth-order valence-electron chi connectivity index (χ4n) is 3.62. The van der Waals surface area contributed by atoms with Gasteiger partial charge in [-0.15, -0.1) is 0 Å². The molecule has 1 saturated heterocycles. The minimum atomic E-state index is 0.124. The maximum Gasteiger partial charge on any atom is 0.253 e. The molecule has 1 aromatic heterocycles. The molecule has 0 bridgehead atoms. The summed E-state index contributed by atoms with van der Waals surface area (Å²) in [6.45, 7) is 8.03. The third-order valence-corrected chi connectivity index (χ3v) is 5.52. The van der Waals surface area contributed by atoms with Gasteiger partial charge in [0, 0.05) is 37.8 Å². The highest BCUT2D eigenvalue weighted by atomic mass is 16.5. The maximum absolute atomic E-state index is 12.8. The number of aryl methyl sites for hydroxylation is 2. The number of imidazole rings is 1. The standard InChI is InChI=1S/C22H26N4O2/c1-15-4-5-17(12-16(15)2)22(27)26-10-8-25(9-11-26)14-21-23-19-7-6-18(28-3)13-20(19)24-21/h4-7,12-13H,8-11,14H2,1-3H3,(H,23,24). The monoisotopic (exact) mass is 378 g/mol. The van der Waals surface area contributed by atoms with Crippen molar-refractivity contribution in [3.05, 3.63) is 58.9 Å². The Balaban J connectivity index is 1.37. The lowest BCUT2D eigenvalue weighted by Gasteiger charge is -2.34. The first kappa shape index (κ1) is 18.5. The highest BCUT2D eigenvalue weighted by molar-refractivity contribution is 5.94. The molecule has 1 aliphatic rings. The number of fused-ring (bicyclic) bond motifs is 1. The fourth-order valence-corrected chi connectivity index (χ4v) is 3.62. The number of carbonyl (C=O) groups is 1. The van der Waals surface area contributed by atoms with Crippen LogP contribution in [0.4, 0.5) is 0 Å². The number of nitrogens with one attached hydrogen (secondary N) is 1. The van der Waals surface area contributed by atoms with Gasteiger partial charge in [-0.1, -0.05) is 6.07 Å². The summed E-state index contributed by atoms with van der Waals surface area (Å²) in [6, 6.07) is 11.8. The Morgan fingerprint density at radius 2 is 1.86 bits per heavy atom. The molecule has 1 aliphatic heterocycles. The first-order valence-electron chi connectivity index (χ1n) is 9.65. The predicted octanol–water partition coefficient (Wildman–Crippen LogP) is 3.15. The van der Waals surface area contributed by atoms with Gasteiger partial charge in [-0.2, -0.15) is 0 Å². The van der Waals surface area contributed by atoms with Crippen LogP contribution in [0, 0.1) is 13.8 Å². The molecule has 1 amide bonds. The van der Waals surface area contributed by atoms with Crippen molar-refractivity contribution in [1.82, 2.24) is 19.8 Å². The first-order valence-corrected chi connectivity index (χ1v) is 9.65. The van der Waals surface area contributed by atoms with Crippen LogP contribution in [0.5, 0.6) is 5.75 Å². The number of nitrogens with zero attached hydrogens (tertiary/aromatic N) is 3. The van der Waals surface area contributed by atoms with Gasteiger partial charge in [0.15, 0.2) is 0 Å². The van der Waals surface area contributed by atoms with Crippen molar-refractivity contribution in [2.45, 2.75) is 20.4 Å². The molecule has 2 heterocycles. The van der Waals surface area contributed by atoms with E-state index in [9.17, 15) is 4.79 Å². The predicted molar refractivity (Wildman–Crippen MR) is 110 cm³/mol. The molecule has 1 N–H and O–H groups in total. The average Bonchev–Trinajstić information content (AvgIpc) is 3.11. The van der Waals surface area contributed by atoms with Crippen molar-refractivity contribution in [2.24, 2.45) is 0 Å². The third-order valence-electron chi connectivity index (χ3n) is 5.52. The lowest BCUT2D eigenvalue weighted by molar-refractivity contribution is 0.0626. The van der Waals surface area contributed by atoms with Crippen LogP contribution in [-0.4, -0.2) is 59.0 Å². The van der Waals surface area contributed by atoms with Gasteiger partial charge in [0.2, 0.25) is 0 Å². The molecule has 3 aromatic rings. The molecule has 6 nitrogen and oxygen atoms in total. The highest BCUT2D eigenvalue weighted by Gasteiger charge is 2.23. The average molecular weight is 378 g/mol. The normalized spacial score (nSPS) is 15.2. The number of aromatic amines is 1. The summed E-state index contributed by atoms with van der Waals surface area (Å²) in [4.78, 5) is 25.1. The third kappa shape index (κ3) is 3.73. The number of ether oxygens (including phenoxy) is 1. The van der Waals surface area contributed by atoms with Crippen molar-refractivity contribution >= 4 is 16.9 Å². The zero-order valence-corrected chi connectivity index (χ0v) is 16.7. The zero-order valence-electron chi connectivity index (χ0n) is 16.7. The van der Waals surface area contributed by atoms with E-state index in [-0.39, 0.29) is 5.91 Å². The van der Waals surface area contributed by atoms with Gasteiger partial charge in [0.1, 0.15) is 11.6 Å². The molecule has 2 aromatic carbocycles. The number of aromatic nitrogens is 2. The Morgan fingerprint density at radius 1 is 1.07 bits per heavy atom. The zero-order chi connectivity index (χ0) is 19.7. The van der Waals surface area contributed by atoms with E-state index in [1.807, 2.05) is 48.2 Å². The number of piperazine rings is 1. The van der Waals surface area contributed by atoms with Gasteiger partial charge in [0.25, 0.3) is 5.91 Å². The second-order valence-corrected chi connectivity index (χ2v) is 7.43. The number of hydrogen-bond acceptors (Lipinski definition) is 4. The van der Waals surface area contributed by atoms with E-state index in [0.29, 0.717) is 0 Å². The van der Waals surface area contributed by atoms with Crippen LogP contribution >= 0.6 is 0 Å². The Labute approximate surface area is 165 Å². The molecular weight excluding hydrogens is 352 g/mol. The van der Waals surface area contributed by atoms with Gasteiger partial charge < -0.3 is 14.6 Å². The minimum absolute atomic E-state index is 0.124. The summed E-state index contributed by atoms with van der Waals surface area (Å²) in [5.74, 6) is 1.89. The van der Waals surface area contributed by atoms with E-state index in [0.717, 1.165) is 66.5 Å². The molecule has 0 atom stereocenters. The number of benzene rings is 2. The molecule has 1 fully saturated rings. The number of amides is 1. The summed E-state index contributed by atoms with van der Waals surface area (Å²) in [5.41, 5.74) is 5.08.